The van der Waals surface area contributed by atoms with Crippen LogP contribution in [-0.2, 0) is 0 Å². The first-order valence-corrected chi connectivity index (χ1v) is 7.74. The minimum absolute atomic E-state index is 0.0196. The van der Waals surface area contributed by atoms with Gasteiger partial charge in [0.05, 0.1) is 5.56 Å². The van der Waals surface area contributed by atoms with Crippen LogP contribution in [0.25, 0.3) is 0 Å². The summed E-state index contributed by atoms with van der Waals surface area (Å²) in [7, 11) is 0. The van der Waals surface area contributed by atoms with Crippen molar-refractivity contribution >= 4 is 17.7 Å². The third-order valence-electron chi connectivity index (χ3n) is 3.64. The minimum atomic E-state index is 0.0196. The Morgan fingerprint density at radius 3 is 2.94 bits per heavy atom. The molecule has 0 radical (unpaired) electrons. The first-order chi connectivity index (χ1) is 8.72. The summed E-state index contributed by atoms with van der Waals surface area (Å²) in [4.78, 5) is 16.5. The van der Waals surface area contributed by atoms with Gasteiger partial charge < -0.3 is 5.32 Å². The maximum atomic E-state index is 12.3. The molecule has 1 amide bonds. The highest BCUT2D eigenvalue weighted by Gasteiger charge is 2.24. The smallest absolute Gasteiger partial charge is 0.254 e. The summed E-state index contributed by atoms with van der Waals surface area (Å²) in [5, 5.41) is 3.97. The molecule has 1 heterocycles. The quantitative estimate of drug-likeness (QED) is 0.853. The second-order valence-corrected chi connectivity index (χ2v) is 5.70. The topological polar surface area (TPSA) is 42.0 Å². The predicted molar refractivity (Wildman–Crippen MR) is 74.9 cm³/mol. The van der Waals surface area contributed by atoms with E-state index < -0.39 is 0 Å². The molecule has 4 heteroatoms. The van der Waals surface area contributed by atoms with E-state index in [2.05, 4.69) is 17.2 Å². The van der Waals surface area contributed by atoms with Crippen LogP contribution in [0.2, 0.25) is 0 Å². The van der Waals surface area contributed by atoms with Gasteiger partial charge in [-0.3, -0.25) is 4.79 Å². The lowest BCUT2D eigenvalue weighted by atomic mass is 9.86. The lowest BCUT2D eigenvalue weighted by Crippen LogP contribution is -2.41. The first-order valence-electron chi connectivity index (χ1n) is 6.52. The molecule has 1 aromatic rings. The highest BCUT2D eigenvalue weighted by Crippen LogP contribution is 2.24. The van der Waals surface area contributed by atoms with Crippen molar-refractivity contribution < 1.29 is 4.79 Å². The highest BCUT2D eigenvalue weighted by molar-refractivity contribution is 7.98. The Kier molecular flexibility index (Phi) is 4.64. The summed E-state index contributed by atoms with van der Waals surface area (Å²) in [5.74, 6) is 0.600. The van der Waals surface area contributed by atoms with Crippen LogP contribution < -0.4 is 5.32 Å². The van der Waals surface area contributed by atoms with Crippen molar-refractivity contribution in [1.82, 2.24) is 10.3 Å². The Morgan fingerprint density at radius 1 is 1.44 bits per heavy atom. The molecule has 98 valence electrons. The van der Waals surface area contributed by atoms with Crippen LogP contribution in [0.3, 0.4) is 0 Å². The Morgan fingerprint density at radius 2 is 2.22 bits per heavy atom. The van der Waals surface area contributed by atoms with Crippen LogP contribution in [0.5, 0.6) is 0 Å². The molecule has 18 heavy (non-hydrogen) atoms. The number of hydrogen-bond acceptors (Lipinski definition) is 3. The van der Waals surface area contributed by atoms with E-state index in [1.165, 1.54) is 31.0 Å². The number of aromatic nitrogens is 1. The van der Waals surface area contributed by atoms with Crippen molar-refractivity contribution in [2.45, 2.75) is 43.7 Å². The standard InChI is InChI=1S/C14H20N2OS/c1-10-6-3-4-8-12(10)16-13(17)11-7-5-9-15-14(11)18-2/h5,7,9-10,12H,3-4,6,8H2,1-2H3,(H,16,17). The van der Waals surface area contributed by atoms with Crippen LogP contribution in [0.1, 0.15) is 43.0 Å². The van der Waals surface area contributed by atoms with Gasteiger partial charge in [-0.1, -0.05) is 19.8 Å². The van der Waals surface area contributed by atoms with E-state index in [4.69, 9.17) is 0 Å². The van der Waals surface area contributed by atoms with Gasteiger partial charge in [-0.25, -0.2) is 4.98 Å². The number of carbonyl (C=O) groups excluding carboxylic acids is 1. The molecule has 0 saturated heterocycles. The Balaban J connectivity index is 2.07. The lowest BCUT2D eigenvalue weighted by molar-refractivity contribution is 0.0906. The van der Waals surface area contributed by atoms with Gasteiger partial charge in [-0.2, -0.15) is 0 Å². The van der Waals surface area contributed by atoms with Crippen LogP contribution in [0.4, 0.5) is 0 Å². The molecule has 1 aliphatic carbocycles. The first kappa shape index (κ1) is 13.4. The molecule has 2 unspecified atom stereocenters. The molecule has 2 atom stereocenters. The van der Waals surface area contributed by atoms with E-state index in [1.807, 2.05) is 18.4 Å². The number of thioether (sulfide) groups is 1. The van der Waals surface area contributed by atoms with Gasteiger partial charge in [0.1, 0.15) is 5.03 Å². The van der Waals surface area contributed by atoms with Crippen molar-refractivity contribution in [2.24, 2.45) is 5.92 Å². The number of carbonyl (C=O) groups is 1. The molecule has 1 aliphatic rings. The van der Waals surface area contributed by atoms with Gasteiger partial charge in [0.15, 0.2) is 0 Å². The molecular weight excluding hydrogens is 244 g/mol. The number of nitrogens with zero attached hydrogens (tertiary/aromatic N) is 1. The third-order valence-corrected chi connectivity index (χ3v) is 4.35. The summed E-state index contributed by atoms with van der Waals surface area (Å²) >= 11 is 1.51. The van der Waals surface area contributed by atoms with Gasteiger partial charge in [-0.05, 0) is 37.1 Å². The molecule has 1 fully saturated rings. The van der Waals surface area contributed by atoms with Crippen LogP contribution in [0.15, 0.2) is 23.4 Å². The molecule has 0 aliphatic heterocycles. The zero-order valence-corrected chi connectivity index (χ0v) is 11.8. The van der Waals surface area contributed by atoms with Gasteiger partial charge in [0.2, 0.25) is 0 Å². The van der Waals surface area contributed by atoms with E-state index >= 15 is 0 Å². The second kappa shape index (κ2) is 6.23. The zero-order chi connectivity index (χ0) is 13.0. The zero-order valence-electron chi connectivity index (χ0n) is 11.0. The molecule has 1 saturated carbocycles. The molecular formula is C14H20N2OS. The van der Waals surface area contributed by atoms with Crippen LogP contribution in [0, 0.1) is 5.92 Å². The average Bonchev–Trinajstić information content (AvgIpc) is 2.41. The second-order valence-electron chi connectivity index (χ2n) is 4.90. The fourth-order valence-electron chi connectivity index (χ4n) is 2.50. The number of rotatable bonds is 3. The maximum absolute atomic E-state index is 12.3. The van der Waals surface area contributed by atoms with Crippen molar-refractivity contribution in [3.8, 4) is 0 Å². The summed E-state index contributed by atoms with van der Waals surface area (Å²) in [6.07, 6.45) is 8.50. The summed E-state index contributed by atoms with van der Waals surface area (Å²) < 4.78 is 0. The Labute approximate surface area is 113 Å². The summed E-state index contributed by atoms with van der Waals surface area (Å²) in [6, 6.07) is 3.99. The van der Waals surface area contributed by atoms with Crippen LogP contribution >= 0.6 is 11.8 Å². The summed E-state index contributed by atoms with van der Waals surface area (Å²) in [5.41, 5.74) is 0.697. The van der Waals surface area contributed by atoms with Crippen molar-refractivity contribution in [3.05, 3.63) is 23.9 Å². The van der Waals surface area contributed by atoms with E-state index in [1.54, 1.807) is 6.20 Å². The van der Waals surface area contributed by atoms with Gasteiger partial charge >= 0.3 is 0 Å². The molecule has 0 spiro atoms. The maximum Gasteiger partial charge on any atom is 0.254 e. The van der Waals surface area contributed by atoms with E-state index in [-0.39, 0.29) is 5.91 Å². The van der Waals surface area contributed by atoms with E-state index in [9.17, 15) is 4.79 Å². The monoisotopic (exact) mass is 264 g/mol. The van der Waals surface area contributed by atoms with Gasteiger partial charge in [-0.15, -0.1) is 11.8 Å². The summed E-state index contributed by atoms with van der Waals surface area (Å²) in [6.45, 7) is 2.23. The number of pyridine rings is 1. The van der Waals surface area contributed by atoms with E-state index in [0.717, 1.165) is 11.4 Å². The highest BCUT2D eigenvalue weighted by atomic mass is 32.2. The molecule has 3 nitrogen and oxygen atoms in total. The Hall–Kier alpha value is -1.03. The normalized spacial score (nSPS) is 23.7. The fraction of sp³-hybridized carbons (Fsp3) is 0.571. The number of hydrogen-bond donors (Lipinski definition) is 1. The average molecular weight is 264 g/mol. The molecule has 0 aromatic carbocycles. The van der Waals surface area contributed by atoms with Crippen molar-refractivity contribution in [2.75, 3.05) is 6.26 Å². The number of nitrogens with one attached hydrogen (secondary N) is 1. The molecule has 2 rings (SSSR count). The van der Waals surface area contributed by atoms with Crippen LogP contribution in [-0.4, -0.2) is 23.2 Å². The van der Waals surface area contributed by atoms with Crippen molar-refractivity contribution in [3.63, 3.8) is 0 Å². The Bertz CT molecular complexity index is 422. The lowest BCUT2D eigenvalue weighted by Gasteiger charge is -2.29. The van der Waals surface area contributed by atoms with Gasteiger partial charge in [0.25, 0.3) is 5.91 Å². The van der Waals surface area contributed by atoms with E-state index in [0.29, 0.717) is 17.5 Å². The molecule has 1 N–H and O–H groups in total. The molecule has 0 bridgehead atoms. The molecule has 1 aromatic heterocycles. The largest absolute Gasteiger partial charge is 0.349 e. The number of amides is 1. The third kappa shape index (κ3) is 3.05. The predicted octanol–water partition coefficient (Wildman–Crippen LogP) is 3.11. The fourth-order valence-corrected chi connectivity index (χ4v) is 3.05. The van der Waals surface area contributed by atoms with Gasteiger partial charge in [0, 0.05) is 12.2 Å². The SMILES string of the molecule is CSc1ncccc1C(=O)NC1CCCCC1C. The van der Waals surface area contributed by atoms with Crippen molar-refractivity contribution in [1.29, 1.82) is 0 Å². The minimum Gasteiger partial charge on any atom is -0.349 e.